The van der Waals surface area contributed by atoms with Gasteiger partial charge < -0.3 is 20.2 Å². The van der Waals surface area contributed by atoms with Crippen LogP contribution in [0.4, 0.5) is 24.5 Å². The summed E-state index contributed by atoms with van der Waals surface area (Å²) in [5.74, 6) is -0.489. The minimum atomic E-state index is -4.85. The van der Waals surface area contributed by atoms with Crippen LogP contribution in [-0.2, 0) is 21.6 Å². The van der Waals surface area contributed by atoms with Crippen LogP contribution in [0.15, 0.2) is 125 Å². The average Bonchev–Trinajstić information content (AvgIpc) is 3.18. The zero-order chi connectivity index (χ0) is 41.0. The number of carbonyl (C=O) groups excluding carboxylic acids is 2. The summed E-state index contributed by atoms with van der Waals surface area (Å²) in [4.78, 5) is 30.9. The molecule has 0 aromatic heterocycles. The highest BCUT2D eigenvalue weighted by atomic mass is 32.2. The van der Waals surface area contributed by atoms with Crippen LogP contribution in [0.2, 0.25) is 0 Å². The topological polar surface area (TPSA) is 119 Å². The normalized spacial score (nSPS) is 13.6. The van der Waals surface area contributed by atoms with Crippen LogP contribution >= 0.6 is 11.8 Å². The van der Waals surface area contributed by atoms with Gasteiger partial charge in [0.1, 0.15) is 5.75 Å². The molecule has 298 valence electrons. The molecule has 1 aliphatic rings. The second kappa shape index (κ2) is 16.9. The maximum atomic E-state index is 14.0. The van der Waals surface area contributed by atoms with Gasteiger partial charge in [0, 0.05) is 65.9 Å². The molecule has 6 rings (SSSR count). The second-order valence-corrected chi connectivity index (χ2v) is 17.5. The van der Waals surface area contributed by atoms with Gasteiger partial charge in [-0.1, -0.05) is 57.2 Å². The first-order valence-corrected chi connectivity index (χ1v) is 20.7. The maximum absolute atomic E-state index is 14.0. The van der Waals surface area contributed by atoms with Crippen LogP contribution in [-0.4, -0.2) is 68.7 Å². The lowest BCUT2D eigenvalue weighted by atomic mass is 9.84. The maximum Gasteiger partial charge on any atom is 0.418 e. The molecule has 1 saturated heterocycles. The Morgan fingerprint density at radius 1 is 0.772 bits per heavy atom. The first-order valence-electron chi connectivity index (χ1n) is 18.3. The second-order valence-electron chi connectivity index (χ2n) is 14.7. The van der Waals surface area contributed by atoms with E-state index in [1.807, 2.05) is 64.2 Å². The number of hydrogen-bond acceptors (Lipinski definition) is 8. The molecule has 2 amide bonds. The first kappa shape index (κ1) is 41.2. The third kappa shape index (κ3) is 10.3. The van der Waals surface area contributed by atoms with Crippen molar-refractivity contribution in [2.24, 2.45) is 0 Å². The number of nitrogens with zero attached hydrogens (tertiary/aromatic N) is 2. The van der Waals surface area contributed by atoms with E-state index < -0.39 is 32.6 Å². The molecule has 1 heterocycles. The molecule has 0 saturated carbocycles. The number of hydrogen-bond donors (Lipinski definition) is 3. The largest absolute Gasteiger partial charge is 0.508 e. The van der Waals surface area contributed by atoms with Crippen LogP contribution in [0, 0.1) is 0 Å². The number of piperazine rings is 1. The molecule has 0 unspecified atom stereocenters. The first-order chi connectivity index (χ1) is 27.0. The Hall–Kier alpha value is -5.47. The molecule has 14 heteroatoms. The van der Waals surface area contributed by atoms with Crippen molar-refractivity contribution in [3.63, 3.8) is 0 Å². The number of alkyl halides is 3. The number of sulfonamides is 1. The van der Waals surface area contributed by atoms with Crippen molar-refractivity contribution >= 4 is 45.0 Å². The predicted molar refractivity (Wildman–Crippen MR) is 219 cm³/mol. The van der Waals surface area contributed by atoms with Gasteiger partial charge in [-0.3, -0.25) is 9.59 Å². The molecule has 9 nitrogen and oxygen atoms in total. The van der Waals surface area contributed by atoms with Gasteiger partial charge in [0.25, 0.3) is 21.8 Å². The van der Waals surface area contributed by atoms with Crippen LogP contribution in [0.3, 0.4) is 0 Å². The average molecular weight is 817 g/mol. The summed E-state index contributed by atoms with van der Waals surface area (Å²) in [6.07, 6.45) is -4.85. The Morgan fingerprint density at radius 3 is 2.12 bits per heavy atom. The number of phenolic OH excluding ortho intramolecular Hbond substituents is 1. The summed E-state index contributed by atoms with van der Waals surface area (Å²) in [6, 6.07) is 30.9. The molecule has 0 radical (unpaired) electrons. The summed E-state index contributed by atoms with van der Waals surface area (Å²) < 4.78 is 70.2. The zero-order valence-corrected chi connectivity index (χ0v) is 33.3. The highest BCUT2D eigenvalue weighted by Crippen LogP contribution is 2.37. The summed E-state index contributed by atoms with van der Waals surface area (Å²) in [7, 11) is -4.66. The molecular weight excluding hydrogens is 774 g/mol. The van der Waals surface area contributed by atoms with E-state index in [1.165, 1.54) is 23.9 Å². The molecule has 1 aliphatic heterocycles. The number of rotatable bonds is 11. The standard InChI is InChI=1S/C43H43F3N4O5S2/c1-42(2,3)33-25-31(30-8-7-9-35(51)27-30)24-32(26-33)41(53)50-21-19-49(20-22-50)34-14-12-29(13-15-34)40(52)48-57(54,55)37-16-17-39(38(28-37)43(44,45)46)47-18-23-56-36-10-5-4-6-11-36/h4-17,24-28,47,51H,18-23H2,1-3H3,(H,48,52). The molecule has 5 aromatic rings. The number of benzene rings is 5. The van der Waals surface area contributed by atoms with Crippen molar-refractivity contribution in [2.75, 3.05) is 48.7 Å². The lowest BCUT2D eigenvalue weighted by Crippen LogP contribution is -2.48. The van der Waals surface area contributed by atoms with Crippen molar-refractivity contribution in [1.82, 2.24) is 9.62 Å². The van der Waals surface area contributed by atoms with E-state index in [4.69, 9.17) is 0 Å². The fourth-order valence-electron chi connectivity index (χ4n) is 6.40. The van der Waals surface area contributed by atoms with E-state index >= 15 is 0 Å². The van der Waals surface area contributed by atoms with E-state index in [0.717, 1.165) is 39.4 Å². The number of nitrogens with one attached hydrogen (secondary N) is 2. The molecular formula is C43H43F3N4O5S2. The highest BCUT2D eigenvalue weighted by molar-refractivity contribution is 7.99. The number of carbonyl (C=O) groups is 2. The van der Waals surface area contributed by atoms with E-state index in [0.29, 0.717) is 43.6 Å². The van der Waals surface area contributed by atoms with Crippen LogP contribution in [0.1, 0.15) is 52.6 Å². The van der Waals surface area contributed by atoms with E-state index in [2.05, 4.69) is 26.1 Å². The molecule has 0 spiro atoms. The molecule has 0 bridgehead atoms. The fraction of sp³-hybridized carbons (Fsp3) is 0.256. The summed E-state index contributed by atoms with van der Waals surface area (Å²) in [6.45, 7) is 8.30. The Kier molecular flexibility index (Phi) is 12.2. The summed E-state index contributed by atoms with van der Waals surface area (Å²) in [5, 5.41) is 12.8. The van der Waals surface area contributed by atoms with Gasteiger partial charge in [-0.25, -0.2) is 13.1 Å². The molecule has 0 aliphatic carbocycles. The lowest BCUT2D eigenvalue weighted by molar-refractivity contribution is -0.137. The SMILES string of the molecule is CC(C)(C)c1cc(C(=O)N2CCN(c3ccc(C(=O)NS(=O)(=O)c4ccc(NCCSc5ccccc5)c(C(F)(F)F)c4)cc3)CC2)cc(-c2cccc(O)c2)c1. The molecule has 57 heavy (non-hydrogen) atoms. The van der Waals surface area contributed by atoms with Crippen LogP contribution in [0.25, 0.3) is 11.1 Å². The predicted octanol–water partition coefficient (Wildman–Crippen LogP) is 8.66. The van der Waals surface area contributed by atoms with Crippen molar-refractivity contribution in [3.8, 4) is 16.9 Å². The summed E-state index contributed by atoms with van der Waals surface area (Å²) >= 11 is 1.47. The number of phenols is 1. The number of anilines is 2. The number of aromatic hydroxyl groups is 1. The van der Waals surface area contributed by atoms with Gasteiger partial charge >= 0.3 is 6.18 Å². The lowest BCUT2D eigenvalue weighted by Gasteiger charge is -2.36. The number of halogens is 3. The van der Waals surface area contributed by atoms with Gasteiger partial charge in [0.15, 0.2) is 0 Å². The van der Waals surface area contributed by atoms with Gasteiger partial charge in [0.05, 0.1) is 10.5 Å². The van der Waals surface area contributed by atoms with Crippen LogP contribution < -0.4 is 14.9 Å². The quantitative estimate of drug-likeness (QED) is 0.0896. The van der Waals surface area contributed by atoms with Gasteiger partial charge in [-0.2, -0.15) is 13.2 Å². The van der Waals surface area contributed by atoms with E-state index in [-0.39, 0.29) is 34.9 Å². The van der Waals surface area contributed by atoms with Crippen molar-refractivity contribution in [2.45, 2.75) is 42.2 Å². The van der Waals surface area contributed by atoms with E-state index in [1.54, 1.807) is 35.2 Å². The monoisotopic (exact) mass is 816 g/mol. The van der Waals surface area contributed by atoms with Gasteiger partial charge in [-0.15, -0.1) is 11.8 Å². The fourth-order valence-corrected chi connectivity index (χ4v) is 8.19. The highest BCUT2D eigenvalue weighted by Gasteiger charge is 2.35. The third-order valence-electron chi connectivity index (χ3n) is 9.55. The van der Waals surface area contributed by atoms with Crippen molar-refractivity contribution in [3.05, 3.63) is 138 Å². The number of thioether (sulfide) groups is 1. The minimum absolute atomic E-state index is 0.00246. The Bertz CT molecular complexity index is 2340. The van der Waals surface area contributed by atoms with Crippen molar-refractivity contribution < 1.29 is 36.3 Å². The molecule has 3 N–H and O–H groups in total. The minimum Gasteiger partial charge on any atom is -0.508 e. The van der Waals surface area contributed by atoms with Crippen LogP contribution in [0.5, 0.6) is 5.75 Å². The zero-order valence-electron chi connectivity index (χ0n) is 31.6. The molecule has 1 fully saturated rings. The Labute approximate surface area is 335 Å². The summed E-state index contributed by atoms with van der Waals surface area (Å²) in [5.41, 5.74) is 2.27. The third-order valence-corrected chi connectivity index (χ3v) is 11.9. The van der Waals surface area contributed by atoms with E-state index in [9.17, 15) is 36.3 Å². The Balaban J connectivity index is 1.07. The molecule has 0 atom stereocenters. The molecule has 5 aromatic carbocycles. The smallest absolute Gasteiger partial charge is 0.418 e. The Morgan fingerprint density at radius 2 is 1.47 bits per heavy atom. The van der Waals surface area contributed by atoms with Gasteiger partial charge in [-0.05, 0) is 101 Å². The number of amides is 2. The van der Waals surface area contributed by atoms with Crippen molar-refractivity contribution in [1.29, 1.82) is 0 Å². The van der Waals surface area contributed by atoms with Gasteiger partial charge in [0.2, 0.25) is 0 Å².